The van der Waals surface area contributed by atoms with Crippen molar-refractivity contribution in [1.29, 1.82) is 0 Å². The van der Waals surface area contributed by atoms with Gasteiger partial charge >= 0.3 is 0 Å². The molecule has 2 nitrogen and oxygen atoms in total. The van der Waals surface area contributed by atoms with Crippen LogP contribution in [0, 0.1) is 11.3 Å². The summed E-state index contributed by atoms with van der Waals surface area (Å²) < 4.78 is 0. The first-order chi connectivity index (χ1) is 7.45. The molecule has 0 aromatic rings. The fraction of sp³-hybridized carbons (Fsp3) is 1.00. The highest BCUT2D eigenvalue weighted by Gasteiger charge is 2.27. The van der Waals surface area contributed by atoms with Gasteiger partial charge in [-0.1, -0.05) is 20.8 Å². The molecule has 2 unspecified atom stereocenters. The summed E-state index contributed by atoms with van der Waals surface area (Å²) in [5.74, 6) is 0.891. The van der Waals surface area contributed by atoms with Crippen molar-refractivity contribution in [2.45, 2.75) is 59.4 Å². The average molecular weight is 226 g/mol. The lowest BCUT2D eigenvalue weighted by Gasteiger charge is -2.31. The lowest BCUT2D eigenvalue weighted by atomic mass is 9.77. The van der Waals surface area contributed by atoms with E-state index < -0.39 is 0 Å². The van der Waals surface area contributed by atoms with E-state index in [0.29, 0.717) is 11.5 Å². The summed E-state index contributed by atoms with van der Waals surface area (Å²) in [6.45, 7) is 12.8. The third kappa shape index (κ3) is 4.06. The fourth-order valence-corrected chi connectivity index (χ4v) is 2.85. The first-order valence-corrected chi connectivity index (χ1v) is 6.89. The van der Waals surface area contributed by atoms with Crippen LogP contribution in [0.2, 0.25) is 0 Å². The lowest BCUT2D eigenvalue weighted by Crippen LogP contribution is -2.35. The number of hydrogen-bond donors (Lipinski definition) is 1. The van der Waals surface area contributed by atoms with Crippen molar-refractivity contribution in [3.05, 3.63) is 0 Å². The van der Waals surface area contributed by atoms with E-state index in [1.807, 2.05) is 0 Å². The monoisotopic (exact) mass is 226 g/mol. The minimum atomic E-state index is 0.479. The van der Waals surface area contributed by atoms with Gasteiger partial charge in [0.05, 0.1) is 0 Å². The zero-order chi connectivity index (χ0) is 12.2. The van der Waals surface area contributed by atoms with Gasteiger partial charge in [-0.15, -0.1) is 0 Å². The van der Waals surface area contributed by atoms with Gasteiger partial charge in [0.25, 0.3) is 0 Å². The van der Waals surface area contributed by atoms with Crippen LogP contribution in [-0.2, 0) is 0 Å². The van der Waals surface area contributed by atoms with Crippen molar-refractivity contribution in [2.75, 3.05) is 19.6 Å². The molecule has 0 aromatic heterocycles. The van der Waals surface area contributed by atoms with Gasteiger partial charge in [-0.3, -0.25) is 0 Å². The Kier molecular flexibility index (Phi) is 5.26. The van der Waals surface area contributed by atoms with Gasteiger partial charge < -0.3 is 10.6 Å². The molecule has 0 radical (unpaired) electrons. The Morgan fingerprint density at radius 2 is 1.94 bits per heavy atom. The molecule has 1 rings (SSSR count). The summed E-state index contributed by atoms with van der Waals surface area (Å²) in [5.41, 5.74) is 6.12. The Morgan fingerprint density at radius 3 is 2.50 bits per heavy atom. The molecular formula is C14H30N2. The predicted octanol–water partition coefficient (Wildman–Crippen LogP) is 2.87. The summed E-state index contributed by atoms with van der Waals surface area (Å²) in [5, 5.41) is 0. The number of likely N-dealkylation sites (tertiary alicyclic amines) is 1. The van der Waals surface area contributed by atoms with E-state index in [1.165, 1.54) is 32.4 Å². The Labute approximate surface area is 102 Å². The van der Waals surface area contributed by atoms with E-state index in [2.05, 4.69) is 32.6 Å². The molecule has 0 saturated carbocycles. The maximum atomic E-state index is 5.65. The highest BCUT2D eigenvalue weighted by atomic mass is 15.1. The van der Waals surface area contributed by atoms with Gasteiger partial charge in [-0.25, -0.2) is 0 Å². The van der Waals surface area contributed by atoms with Crippen molar-refractivity contribution in [3.63, 3.8) is 0 Å². The van der Waals surface area contributed by atoms with Crippen LogP contribution in [0.5, 0.6) is 0 Å². The third-order valence-corrected chi connectivity index (χ3v) is 4.20. The molecule has 1 aliphatic rings. The van der Waals surface area contributed by atoms with Gasteiger partial charge in [-0.05, 0) is 63.6 Å². The van der Waals surface area contributed by atoms with Crippen LogP contribution in [0.4, 0.5) is 0 Å². The Hall–Kier alpha value is -0.0800. The highest BCUT2D eigenvalue weighted by molar-refractivity contribution is 4.80. The standard InChI is InChI=1S/C14H30N2/c1-12(7-9-15)16-10-5-6-13(8-11-16)14(2,3)4/h12-13H,5-11,15H2,1-4H3. The molecule has 1 heterocycles. The Balaban J connectivity index is 2.46. The first-order valence-electron chi connectivity index (χ1n) is 6.89. The minimum Gasteiger partial charge on any atom is -0.330 e. The molecule has 1 fully saturated rings. The zero-order valence-corrected chi connectivity index (χ0v) is 11.6. The summed E-state index contributed by atoms with van der Waals surface area (Å²) in [6, 6.07) is 0.670. The van der Waals surface area contributed by atoms with E-state index in [4.69, 9.17) is 5.73 Å². The topological polar surface area (TPSA) is 29.3 Å². The molecule has 0 bridgehead atoms. The van der Waals surface area contributed by atoms with Crippen LogP contribution in [0.3, 0.4) is 0 Å². The third-order valence-electron chi connectivity index (χ3n) is 4.20. The van der Waals surface area contributed by atoms with Crippen LogP contribution in [0.1, 0.15) is 53.4 Å². The maximum Gasteiger partial charge on any atom is 0.00789 e. The second kappa shape index (κ2) is 6.02. The van der Waals surface area contributed by atoms with Gasteiger partial charge in [-0.2, -0.15) is 0 Å². The molecule has 0 amide bonds. The van der Waals surface area contributed by atoms with Crippen LogP contribution in [-0.4, -0.2) is 30.6 Å². The minimum absolute atomic E-state index is 0.479. The van der Waals surface area contributed by atoms with Crippen molar-refractivity contribution in [2.24, 2.45) is 17.1 Å². The number of nitrogens with zero attached hydrogens (tertiary/aromatic N) is 1. The van der Waals surface area contributed by atoms with Gasteiger partial charge in [0.1, 0.15) is 0 Å². The smallest absolute Gasteiger partial charge is 0.00789 e. The largest absolute Gasteiger partial charge is 0.330 e. The van der Waals surface area contributed by atoms with Crippen LogP contribution in [0.15, 0.2) is 0 Å². The molecule has 16 heavy (non-hydrogen) atoms. The van der Waals surface area contributed by atoms with Crippen molar-refractivity contribution in [1.82, 2.24) is 4.90 Å². The van der Waals surface area contributed by atoms with E-state index in [0.717, 1.165) is 18.9 Å². The van der Waals surface area contributed by atoms with Gasteiger partial charge in [0, 0.05) is 6.04 Å². The fourth-order valence-electron chi connectivity index (χ4n) is 2.85. The van der Waals surface area contributed by atoms with Gasteiger partial charge in [0.15, 0.2) is 0 Å². The van der Waals surface area contributed by atoms with E-state index in [9.17, 15) is 0 Å². The van der Waals surface area contributed by atoms with Crippen molar-refractivity contribution in [3.8, 4) is 0 Å². The molecule has 96 valence electrons. The van der Waals surface area contributed by atoms with Crippen LogP contribution >= 0.6 is 0 Å². The number of hydrogen-bond acceptors (Lipinski definition) is 2. The molecule has 1 aliphatic heterocycles. The van der Waals surface area contributed by atoms with Crippen LogP contribution < -0.4 is 5.73 Å². The summed E-state index contributed by atoms with van der Waals surface area (Å²) in [4.78, 5) is 2.64. The lowest BCUT2D eigenvalue weighted by molar-refractivity contribution is 0.185. The molecule has 2 heteroatoms. The molecular weight excluding hydrogens is 196 g/mol. The number of nitrogens with two attached hydrogens (primary N) is 1. The Bertz CT molecular complexity index is 195. The SMILES string of the molecule is CC(CCN)N1CCCC(C(C)(C)C)CC1. The highest BCUT2D eigenvalue weighted by Crippen LogP contribution is 2.34. The number of rotatable bonds is 3. The summed E-state index contributed by atoms with van der Waals surface area (Å²) in [6.07, 6.45) is 5.25. The molecule has 2 atom stereocenters. The first kappa shape index (κ1) is 14.0. The van der Waals surface area contributed by atoms with Gasteiger partial charge in [0.2, 0.25) is 0 Å². The normalized spacial score (nSPS) is 26.4. The quantitative estimate of drug-likeness (QED) is 0.802. The zero-order valence-electron chi connectivity index (χ0n) is 11.6. The predicted molar refractivity (Wildman–Crippen MR) is 71.5 cm³/mol. The summed E-state index contributed by atoms with van der Waals surface area (Å²) >= 11 is 0. The maximum absolute atomic E-state index is 5.65. The average Bonchev–Trinajstić information content (AvgIpc) is 2.41. The molecule has 0 aliphatic carbocycles. The van der Waals surface area contributed by atoms with Crippen LogP contribution in [0.25, 0.3) is 0 Å². The van der Waals surface area contributed by atoms with E-state index in [1.54, 1.807) is 0 Å². The second-order valence-corrected chi connectivity index (χ2v) is 6.46. The summed E-state index contributed by atoms with van der Waals surface area (Å²) in [7, 11) is 0. The van der Waals surface area contributed by atoms with Crippen molar-refractivity contribution >= 4 is 0 Å². The van der Waals surface area contributed by atoms with E-state index >= 15 is 0 Å². The van der Waals surface area contributed by atoms with Crippen molar-refractivity contribution < 1.29 is 0 Å². The molecule has 0 aromatic carbocycles. The van der Waals surface area contributed by atoms with E-state index in [-0.39, 0.29) is 0 Å². The molecule has 1 saturated heterocycles. The molecule has 2 N–H and O–H groups in total. The second-order valence-electron chi connectivity index (χ2n) is 6.46. The Morgan fingerprint density at radius 1 is 1.25 bits per heavy atom. The molecule has 0 spiro atoms.